The van der Waals surface area contributed by atoms with Gasteiger partial charge in [0.2, 0.25) is 5.91 Å². The lowest BCUT2D eigenvalue weighted by molar-refractivity contribution is -0.111. The predicted octanol–water partition coefficient (Wildman–Crippen LogP) is 3.77. The molecular formula is C24H23N7O. The summed E-state index contributed by atoms with van der Waals surface area (Å²) in [5.74, 6) is 0.111. The summed E-state index contributed by atoms with van der Waals surface area (Å²) in [4.78, 5) is 18.2. The monoisotopic (exact) mass is 425 g/mol. The Bertz CT molecular complexity index is 1290. The van der Waals surface area contributed by atoms with Gasteiger partial charge in [0.1, 0.15) is 17.5 Å². The molecule has 0 spiro atoms. The molecule has 8 heteroatoms. The number of anilines is 3. The van der Waals surface area contributed by atoms with Crippen molar-refractivity contribution in [1.82, 2.24) is 19.8 Å². The molecular weight excluding hydrogens is 402 g/mol. The zero-order chi connectivity index (χ0) is 22.1. The Morgan fingerprint density at radius 2 is 1.72 bits per heavy atom. The number of hydrogen-bond donors (Lipinski definition) is 2. The largest absolute Gasteiger partial charge is 0.382 e. The molecule has 0 aliphatic carbocycles. The van der Waals surface area contributed by atoms with E-state index in [1.165, 1.54) is 35.6 Å². The first-order chi connectivity index (χ1) is 15.6. The Labute approximate surface area is 185 Å². The molecule has 0 saturated carbocycles. The van der Waals surface area contributed by atoms with Crippen LogP contribution in [0.3, 0.4) is 0 Å². The van der Waals surface area contributed by atoms with Gasteiger partial charge in [-0.3, -0.25) is 4.79 Å². The zero-order valence-corrected chi connectivity index (χ0v) is 17.5. The number of carbonyl (C=O) groups excluding carboxylic acids is 1. The summed E-state index contributed by atoms with van der Waals surface area (Å²) < 4.78 is 1.52. The van der Waals surface area contributed by atoms with E-state index in [0.717, 1.165) is 35.5 Å². The van der Waals surface area contributed by atoms with Crippen molar-refractivity contribution >= 4 is 28.6 Å². The van der Waals surface area contributed by atoms with Crippen molar-refractivity contribution in [2.75, 3.05) is 29.0 Å². The molecule has 160 valence electrons. The maximum atomic E-state index is 11.6. The van der Waals surface area contributed by atoms with Crippen LogP contribution in [0.2, 0.25) is 0 Å². The van der Waals surface area contributed by atoms with Crippen molar-refractivity contribution in [3.05, 3.63) is 67.5 Å². The Hall–Kier alpha value is -4.20. The minimum Gasteiger partial charge on any atom is -0.382 e. The number of hydrogen-bond acceptors (Lipinski definition) is 6. The van der Waals surface area contributed by atoms with E-state index in [2.05, 4.69) is 51.1 Å². The molecule has 0 bridgehead atoms. The van der Waals surface area contributed by atoms with Crippen LogP contribution in [0.1, 0.15) is 12.8 Å². The number of rotatable bonds is 5. The highest BCUT2D eigenvalue weighted by Gasteiger charge is 2.20. The molecule has 5 rings (SSSR count). The smallest absolute Gasteiger partial charge is 0.247 e. The average Bonchev–Trinajstić information content (AvgIpc) is 3.49. The molecule has 2 aromatic heterocycles. The summed E-state index contributed by atoms with van der Waals surface area (Å²) in [6.45, 7) is 5.67. The topological polar surface area (TPSA) is 101 Å². The van der Waals surface area contributed by atoms with Crippen LogP contribution in [0.25, 0.3) is 27.9 Å². The summed E-state index contributed by atoms with van der Waals surface area (Å²) >= 11 is 0. The molecule has 3 N–H and O–H groups in total. The van der Waals surface area contributed by atoms with Gasteiger partial charge in [0.25, 0.3) is 0 Å². The maximum absolute atomic E-state index is 11.6. The van der Waals surface area contributed by atoms with Crippen molar-refractivity contribution in [2.24, 2.45) is 0 Å². The number of nitrogen functional groups attached to an aromatic ring is 1. The molecule has 0 atom stereocenters. The molecule has 1 aliphatic rings. The second kappa shape index (κ2) is 8.14. The summed E-state index contributed by atoms with van der Waals surface area (Å²) in [6, 6.07) is 16.0. The molecule has 4 aromatic rings. The van der Waals surface area contributed by atoms with Crippen molar-refractivity contribution in [1.29, 1.82) is 0 Å². The number of fused-ring (bicyclic) bond motifs is 1. The van der Waals surface area contributed by atoms with Gasteiger partial charge in [-0.2, -0.15) is 0 Å². The molecule has 2 aromatic carbocycles. The van der Waals surface area contributed by atoms with Gasteiger partial charge >= 0.3 is 0 Å². The lowest BCUT2D eigenvalue weighted by atomic mass is 9.99. The van der Waals surface area contributed by atoms with Gasteiger partial charge in [-0.05, 0) is 48.7 Å². The van der Waals surface area contributed by atoms with Crippen LogP contribution in [0.5, 0.6) is 0 Å². The van der Waals surface area contributed by atoms with E-state index in [9.17, 15) is 4.79 Å². The lowest BCUT2D eigenvalue weighted by Gasteiger charge is -2.17. The number of benzene rings is 2. The van der Waals surface area contributed by atoms with Crippen molar-refractivity contribution in [3.63, 3.8) is 0 Å². The third-order valence-corrected chi connectivity index (χ3v) is 5.71. The van der Waals surface area contributed by atoms with E-state index in [4.69, 9.17) is 10.8 Å². The average molecular weight is 425 g/mol. The fourth-order valence-electron chi connectivity index (χ4n) is 4.11. The first-order valence-corrected chi connectivity index (χ1v) is 10.5. The van der Waals surface area contributed by atoms with Crippen molar-refractivity contribution in [3.8, 4) is 22.4 Å². The molecule has 3 heterocycles. The highest BCUT2D eigenvalue weighted by Crippen LogP contribution is 2.37. The first kappa shape index (κ1) is 19.7. The highest BCUT2D eigenvalue weighted by molar-refractivity contribution is 5.99. The van der Waals surface area contributed by atoms with Crippen molar-refractivity contribution < 1.29 is 4.79 Å². The molecule has 32 heavy (non-hydrogen) atoms. The number of nitrogens with two attached hydrogens (primary N) is 1. The first-order valence-electron chi connectivity index (χ1n) is 10.5. The number of carbonyl (C=O) groups is 1. The third-order valence-electron chi connectivity index (χ3n) is 5.71. The van der Waals surface area contributed by atoms with Gasteiger partial charge in [0, 0.05) is 35.6 Å². The van der Waals surface area contributed by atoms with Crippen LogP contribution in [0.4, 0.5) is 17.2 Å². The predicted molar refractivity (Wildman–Crippen MR) is 126 cm³/mol. The molecule has 1 aliphatic heterocycles. The fraction of sp³-hybridized carbons (Fsp3) is 0.167. The molecule has 8 nitrogen and oxygen atoms in total. The molecule has 1 saturated heterocycles. The Kier molecular flexibility index (Phi) is 5.03. The normalized spacial score (nSPS) is 13.4. The van der Waals surface area contributed by atoms with Gasteiger partial charge in [0.15, 0.2) is 5.82 Å². The minimum atomic E-state index is -0.257. The Morgan fingerprint density at radius 3 is 2.41 bits per heavy atom. The van der Waals surface area contributed by atoms with Crippen LogP contribution < -0.4 is 16.0 Å². The van der Waals surface area contributed by atoms with Crippen LogP contribution in [0, 0.1) is 0 Å². The van der Waals surface area contributed by atoms with Gasteiger partial charge in [-0.25, -0.2) is 4.98 Å². The number of nitrogens with zero attached hydrogens (tertiary/aromatic N) is 5. The van der Waals surface area contributed by atoms with Crippen LogP contribution in [-0.2, 0) is 4.79 Å². The number of nitrogens with one attached hydrogen (secondary N) is 1. The van der Waals surface area contributed by atoms with Crippen molar-refractivity contribution in [2.45, 2.75) is 12.8 Å². The maximum Gasteiger partial charge on any atom is 0.247 e. The van der Waals surface area contributed by atoms with E-state index in [1.54, 1.807) is 0 Å². The third kappa shape index (κ3) is 3.56. The Morgan fingerprint density at radius 1 is 1.03 bits per heavy atom. The van der Waals surface area contributed by atoms with Crippen LogP contribution in [0.15, 0.2) is 67.5 Å². The van der Waals surface area contributed by atoms with E-state index in [-0.39, 0.29) is 5.91 Å². The van der Waals surface area contributed by atoms with Gasteiger partial charge < -0.3 is 16.0 Å². The van der Waals surface area contributed by atoms with Crippen LogP contribution >= 0.6 is 0 Å². The standard InChI is InChI=1S/C24H23N7O/c1-2-20(32)28-18-9-5-17(6-10-18)22-21(23-24(25)26-15-27-31(23)29-22)16-7-11-19(12-8-16)30-13-3-4-14-30/h2,5-12,15H,1,3-4,13-14H2,(H,28,32)(H2,25,26,27). The zero-order valence-electron chi connectivity index (χ0n) is 17.5. The number of aromatic nitrogens is 4. The summed E-state index contributed by atoms with van der Waals surface area (Å²) in [5, 5.41) is 11.7. The van der Waals surface area contributed by atoms with Gasteiger partial charge in [0.05, 0.1) is 0 Å². The fourth-order valence-corrected chi connectivity index (χ4v) is 4.11. The SMILES string of the molecule is C=CC(=O)Nc1ccc(-c2nn3ncnc(N)c3c2-c2ccc(N3CCCC3)cc2)cc1. The quantitative estimate of drug-likeness (QED) is 0.472. The van der Waals surface area contributed by atoms with E-state index in [0.29, 0.717) is 17.0 Å². The molecule has 1 fully saturated rings. The Balaban J connectivity index is 1.59. The lowest BCUT2D eigenvalue weighted by Crippen LogP contribution is -2.17. The second-order valence-corrected chi connectivity index (χ2v) is 7.72. The summed E-state index contributed by atoms with van der Waals surface area (Å²) in [5.41, 5.74) is 12.3. The van der Waals surface area contributed by atoms with E-state index in [1.807, 2.05) is 24.3 Å². The highest BCUT2D eigenvalue weighted by atomic mass is 16.1. The molecule has 0 unspecified atom stereocenters. The van der Waals surface area contributed by atoms with E-state index >= 15 is 0 Å². The molecule has 0 radical (unpaired) electrons. The van der Waals surface area contributed by atoms with Gasteiger partial charge in [-0.1, -0.05) is 30.8 Å². The number of amides is 1. The summed E-state index contributed by atoms with van der Waals surface area (Å²) in [6.07, 6.45) is 5.10. The van der Waals surface area contributed by atoms with Crippen LogP contribution in [-0.4, -0.2) is 38.8 Å². The van der Waals surface area contributed by atoms with E-state index < -0.39 is 0 Å². The second-order valence-electron chi connectivity index (χ2n) is 7.72. The van der Waals surface area contributed by atoms with Gasteiger partial charge in [-0.15, -0.1) is 14.8 Å². The summed E-state index contributed by atoms with van der Waals surface area (Å²) in [7, 11) is 0. The molecule has 1 amide bonds. The minimum absolute atomic E-state index is 0.257.